The van der Waals surface area contributed by atoms with Gasteiger partial charge in [-0.05, 0) is 25.6 Å². The normalized spacial score (nSPS) is 12.9. The number of halogens is 1. The first-order valence-corrected chi connectivity index (χ1v) is 6.68. The molecular formula is C15H20FNO3. The summed E-state index contributed by atoms with van der Waals surface area (Å²) >= 11 is 0. The summed E-state index contributed by atoms with van der Waals surface area (Å²) in [5, 5.41) is 3.94. The van der Waals surface area contributed by atoms with E-state index in [0.29, 0.717) is 25.4 Å². The van der Waals surface area contributed by atoms with Gasteiger partial charge in [0.2, 0.25) is 0 Å². The number of hydrogen-bond donors (Lipinski definition) is 1. The molecule has 0 bridgehead atoms. The van der Waals surface area contributed by atoms with E-state index in [1.807, 2.05) is 19.2 Å². The molecule has 0 spiro atoms. The first kappa shape index (κ1) is 15.0. The van der Waals surface area contributed by atoms with Crippen molar-refractivity contribution in [3.05, 3.63) is 35.8 Å². The van der Waals surface area contributed by atoms with Crippen LogP contribution in [0.15, 0.2) is 28.7 Å². The third kappa shape index (κ3) is 3.56. The number of fused-ring (bicyclic) bond motifs is 1. The maximum Gasteiger partial charge on any atom is 0.169 e. The summed E-state index contributed by atoms with van der Waals surface area (Å²) in [6.45, 7) is 1.75. The van der Waals surface area contributed by atoms with Gasteiger partial charge >= 0.3 is 0 Å². The van der Waals surface area contributed by atoms with Crippen molar-refractivity contribution in [1.29, 1.82) is 0 Å². The van der Waals surface area contributed by atoms with Crippen LogP contribution in [0.4, 0.5) is 4.39 Å². The lowest BCUT2D eigenvalue weighted by Crippen LogP contribution is -2.18. The molecule has 0 saturated carbocycles. The molecule has 0 aliphatic heterocycles. The second-order valence-electron chi connectivity index (χ2n) is 4.54. The van der Waals surface area contributed by atoms with Crippen LogP contribution in [-0.2, 0) is 9.47 Å². The lowest BCUT2D eigenvalue weighted by atomic mass is 10.1. The molecule has 0 amide bonds. The van der Waals surface area contributed by atoms with Crippen molar-refractivity contribution in [3.8, 4) is 0 Å². The maximum absolute atomic E-state index is 13.6. The largest absolute Gasteiger partial charge is 0.456 e. The van der Waals surface area contributed by atoms with Crippen LogP contribution in [0.25, 0.3) is 11.0 Å². The number of furan rings is 1. The van der Waals surface area contributed by atoms with Crippen LogP contribution < -0.4 is 5.32 Å². The zero-order valence-electron chi connectivity index (χ0n) is 11.8. The number of methoxy groups -OCH3 is 1. The van der Waals surface area contributed by atoms with Gasteiger partial charge in [-0.15, -0.1) is 0 Å². The summed E-state index contributed by atoms with van der Waals surface area (Å²) in [7, 11) is 3.49. The number of rotatable bonds is 8. The van der Waals surface area contributed by atoms with Crippen LogP contribution in [0, 0.1) is 5.82 Å². The molecule has 1 heterocycles. The van der Waals surface area contributed by atoms with E-state index < -0.39 is 0 Å². The Bertz CT molecular complexity index is 541. The third-order valence-corrected chi connectivity index (χ3v) is 3.19. The fourth-order valence-corrected chi connectivity index (χ4v) is 2.09. The number of nitrogens with one attached hydrogen (secondary N) is 1. The summed E-state index contributed by atoms with van der Waals surface area (Å²) in [5.74, 6) is 0.392. The molecule has 0 fully saturated rings. The summed E-state index contributed by atoms with van der Waals surface area (Å²) in [4.78, 5) is 0. The zero-order valence-corrected chi connectivity index (χ0v) is 11.8. The van der Waals surface area contributed by atoms with Crippen LogP contribution in [0.2, 0.25) is 0 Å². The standard InChI is InChI=1S/C15H20FNO3/c1-17-13(6-7-19-9-8-18-2)14-10-11-4-3-5-12(16)15(11)20-14/h3-5,10,13,17H,6-9H2,1-2H3. The molecule has 1 atom stereocenters. The highest BCUT2D eigenvalue weighted by Crippen LogP contribution is 2.27. The number of benzene rings is 1. The van der Waals surface area contributed by atoms with Gasteiger partial charge in [0.1, 0.15) is 5.76 Å². The summed E-state index contributed by atoms with van der Waals surface area (Å²) < 4.78 is 29.6. The molecule has 0 aliphatic rings. The minimum atomic E-state index is -0.333. The molecule has 0 aliphatic carbocycles. The van der Waals surface area contributed by atoms with E-state index >= 15 is 0 Å². The Hall–Kier alpha value is -1.43. The van der Waals surface area contributed by atoms with Crippen molar-refractivity contribution in [2.24, 2.45) is 0 Å². The Kier molecular flexibility index (Phi) is 5.52. The third-order valence-electron chi connectivity index (χ3n) is 3.19. The first-order chi connectivity index (χ1) is 9.76. The fourth-order valence-electron chi connectivity index (χ4n) is 2.09. The van der Waals surface area contributed by atoms with Crippen molar-refractivity contribution >= 4 is 11.0 Å². The highest BCUT2D eigenvalue weighted by atomic mass is 19.1. The lowest BCUT2D eigenvalue weighted by Gasteiger charge is -2.13. The smallest absolute Gasteiger partial charge is 0.169 e. The van der Waals surface area contributed by atoms with Crippen molar-refractivity contribution < 1.29 is 18.3 Å². The molecule has 20 heavy (non-hydrogen) atoms. The zero-order chi connectivity index (χ0) is 14.4. The van der Waals surface area contributed by atoms with Gasteiger partial charge in [0.05, 0.1) is 19.3 Å². The molecule has 2 rings (SSSR count). The molecule has 110 valence electrons. The van der Waals surface area contributed by atoms with Crippen LogP contribution in [0.3, 0.4) is 0 Å². The lowest BCUT2D eigenvalue weighted by molar-refractivity contribution is 0.0652. The Balaban J connectivity index is 2.00. The number of ether oxygens (including phenoxy) is 2. The van der Waals surface area contributed by atoms with Crippen molar-refractivity contribution in [2.45, 2.75) is 12.5 Å². The van der Waals surface area contributed by atoms with Crippen LogP contribution >= 0.6 is 0 Å². The average Bonchev–Trinajstić information content (AvgIpc) is 2.88. The Morgan fingerprint density at radius 1 is 1.30 bits per heavy atom. The maximum atomic E-state index is 13.6. The minimum absolute atomic E-state index is 0.00402. The molecule has 4 nitrogen and oxygen atoms in total. The quantitative estimate of drug-likeness (QED) is 0.756. The first-order valence-electron chi connectivity index (χ1n) is 6.68. The van der Waals surface area contributed by atoms with Gasteiger partial charge in [0.25, 0.3) is 0 Å². The number of para-hydroxylation sites is 1. The van der Waals surface area contributed by atoms with Crippen LogP contribution in [-0.4, -0.2) is 34.0 Å². The van der Waals surface area contributed by atoms with Gasteiger partial charge in [-0.25, -0.2) is 4.39 Å². The second kappa shape index (κ2) is 7.38. The molecule has 1 aromatic carbocycles. The van der Waals surface area contributed by atoms with E-state index in [1.54, 1.807) is 13.2 Å². The van der Waals surface area contributed by atoms with Crippen LogP contribution in [0.1, 0.15) is 18.2 Å². The molecular weight excluding hydrogens is 261 g/mol. The van der Waals surface area contributed by atoms with Crippen molar-refractivity contribution in [2.75, 3.05) is 34.0 Å². The Morgan fingerprint density at radius 2 is 2.15 bits per heavy atom. The molecule has 5 heteroatoms. The average molecular weight is 281 g/mol. The van der Waals surface area contributed by atoms with Gasteiger partial charge < -0.3 is 19.2 Å². The van der Waals surface area contributed by atoms with E-state index in [9.17, 15) is 4.39 Å². The topological polar surface area (TPSA) is 43.6 Å². The molecule has 1 N–H and O–H groups in total. The molecule has 1 aromatic heterocycles. The van der Waals surface area contributed by atoms with Gasteiger partial charge in [0, 0.05) is 19.1 Å². The summed E-state index contributed by atoms with van der Waals surface area (Å²) in [5.41, 5.74) is 0.308. The van der Waals surface area contributed by atoms with Crippen LogP contribution in [0.5, 0.6) is 0 Å². The van der Waals surface area contributed by atoms with E-state index in [-0.39, 0.29) is 11.9 Å². The predicted octanol–water partition coefficient (Wildman–Crippen LogP) is 2.89. The molecule has 0 radical (unpaired) electrons. The Labute approximate surface area is 117 Å². The van der Waals surface area contributed by atoms with Crippen molar-refractivity contribution in [1.82, 2.24) is 5.32 Å². The SMILES string of the molecule is CNC(CCOCCOC)c1cc2cccc(F)c2o1. The van der Waals surface area contributed by atoms with Crippen molar-refractivity contribution in [3.63, 3.8) is 0 Å². The van der Waals surface area contributed by atoms with Gasteiger partial charge in [-0.1, -0.05) is 12.1 Å². The second-order valence-corrected chi connectivity index (χ2v) is 4.54. The fraction of sp³-hybridized carbons (Fsp3) is 0.467. The highest BCUT2D eigenvalue weighted by molar-refractivity contribution is 5.78. The van der Waals surface area contributed by atoms with Gasteiger partial charge in [0.15, 0.2) is 11.4 Å². The summed E-state index contributed by atoms with van der Waals surface area (Å²) in [6, 6.07) is 6.79. The number of hydrogen-bond acceptors (Lipinski definition) is 4. The van der Waals surface area contributed by atoms with E-state index in [2.05, 4.69) is 5.32 Å². The molecule has 1 unspecified atom stereocenters. The molecule has 0 saturated heterocycles. The van der Waals surface area contributed by atoms with Gasteiger partial charge in [-0.2, -0.15) is 0 Å². The van der Waals surface area contributed by atoms with E-state index in [4.69, 9.17) is 13.9 Å². The molecule has 2 aromatic rings. The summed E-state index contributed by atoms with van der Waals surface area (Å²) in [6.07, 6.45) is 0.752. The monoisotopic (exact) mass is 281 g/mol. The van der Waals surface area contributed by atoms with E-state index in [1.165, 1.54) is 6.07 Å². The van der Waals surface area contributed by atoms with E-state index in [0.717, 1.165) is 17.6 Å². The highest BCUT2D eigenvalue weighted by Gasteiger charge is 2.16. The Morgan fingerprint density at radius 3 is 2.85 bits per heavy atom. The predicted molar refractivity (Wildman–Crippen MR) is 75.3 cm³/mol. The van der Waals surface area contributed by atoms with Gasteiger partial charge in [-0.3, -0.25) is 0 Å². The minimum Gasteiger partial charge on any atom is -0.456 e.